The van der Waals surface area contributed by atoms with Gasteiger partial charge < -0.3 is 4.74 Å². The molecule has 0 radical (unpaired) electrons. The highest BCUT2D eigenvalue weighted by Gasteiger charge is 2.15. The van der Waals surface area contributed by atoms with E-state index in [0.29, 0.717) is 5.88 Å². The third kappa shape index (κ3) is 3.06. The maximum atomic E-state index is 10.8. The van der Waals surface area contributed by atoms with Crippen molar-refractivity contribution in [2.24, 2.45) is 5.92 Å². The van der Waals surface area contributed by atoms with Crippen LogP contribution in [-0.2, 0) is 9.53 Å². The van der Waals surface area contributed by atoms with Crippen LogP contribution in [0.2, 0.25) is 0 Å². The zero-order chi connectivity index (χ0) is 7.98. The first-order chi connectivity index (χ1) is 4.76. The van der Waals surface area contributed by atoms with E-state index in [9.17, 15) is 4.79 Å². The van der Waals surface area contributed by atoms with Gasteiger partial charge in [0.2, 0.25) is 0 Å². The molecule has 2 nitrogen and oxygen atoms in total. The lowest BCUT2D eigenvalue weighted by atomic mass is 10.1. The fourth-order valence-electron chi connectivity index (χ4n) is 0.773. The Balaban J connectivity index is 3.68. The van der Waals surface area contributed by atoms with Crippen LogP contribution in [0.3, 0.4) is 0 Å². The predicted molar refractivity (Wildman–Crippen MR) is 41.1 cm³/mol. The van der Waals surface area contributed by atoms with E-state index >= 15 is 0 Å². The monoisotopic (exact) mass is 164 g/mol. The van der Waals surface area contributed by atoms with E-state index in [1.807, 2.05) is 6.92 Å². The second kappa shape index (κ2) is 5.54. The Hall–Kier alpha value is -0.240. The van der Waals surface area contributed by atoms with Crippen LogP contribution in [0.4, 0.5) is 0 Å². The van der Waals surface area contributed by atoms with Gasteiger partial charge in [0.1, 0.15) is 0 Å². The van der Waals surface area contributed by atoms with Crippen LogP contribution in [-0.4, -0.2) is 19.0 Å². The largest absolute Gasteiger partial charge is 0.469 e. The lowest BCUT2D eigenvalue weighted by molar-refractivity contribution is -0.144. The molecular weight excluding hydrogens is 152 g/mol. The van der Waals surface area contributed by atoms with Gasteiger partial charge in [0.25, 0.3) is 0 Å². The number of carbonyl (C=O) groups is 1. The average molecular weight is 165 g/mol. The van der Waals surface area contributed by atoms with Crippen LogP contribution < -0.4 is 0 Å². The van der Waals surface area contributed by atoms with Crippen LogP contribution in [0.5, 0.6) is 0 Å². The van der Waals surface area contributed by atoms with Crippen molar-refractivity contribution in [1.82, 2.24) is 0 Å². The Morgan fingerprint density at radius 1 is 1.70 bits per heavy atom. The van der Waals surface area contributed by atoms with Gasteiger partial charge in [-0.15, -0.1) is 11.6 Å². The molecule has 0 aromatic rings. The molecule has 0 saturated heterocycles. The minimum absolute atomic E-state index is 0.114. The van der Waals surface area contributed by atoms with Crippen molar-refractivity contribution in [3.63, 3.8) is 0 Å². The number of carbonyl (C=O) groups excluding carboxylic acids is 1. The highest BCUT2D eigenvalue weighted by atomic mass is 35.5. The molecule has 10 heavy (non-hydrogen) atoms. The van der Waals surface area contributed by atoms with Crippen LogP contribution in [0.1, 0.15) is 19.8 Å². The summed E-state index contributed by atoms with van der Waals surface area (Å²) in [6, 6.07) is 0. The van der Waals surface area contributed by atoms with Crippen LogP contribution >= 0.6 is 11.6 Å². The standard InChI is InChI=1S/C7H13ClO2/c1-3-4-6(5-8)7(9)10-2/h6H,3-5H2,1-2H3. The fourth-order valence-corrected chi connectivity index (χ4v) is 1.05. The van der Waals surface area contributed by atoms with Gasteiger partial charge >= 0.3 is 5.97 Å². The van der Waals surface area contributed by atoms with Gasteiger partial charge in [-0.3, -0.25) is 4.79 Å². The van der Waals surface area contributed by atoms with Gasteiger partial charge in [-0.1, -0.05) is 13.3 Å². The number of ether oxygens (including phenoxy) is 1. The Morgan fingerprint density at radius 3 is 2.60 bits per heavy atom. The van der Waals surface area contributed by atoms with Gasteiger partial charge in [-0.05, 0) is 6.42 Å². The molecule has 60 valence electrons. The van der Waals surface area contributed by atoms with E-state index in [4.69, 9.17) is 11.6 Å². The Bertz CT molecular complexity index is 104. The summed E-state index contributed by atoms with van der Waals surface area (Å²) in [6.45, 7) is 2.02. The maximum Gasteiger partial charge on any atom is 0.309 e. The number of esters is 1. The highest BCUT2D eigenvalue weighted by molar-refractivity contribution is 6.19. The molecule has 0 aliphatic carbocycles. The first-order valence-corrected chi connectivity index (χ1v) is 3.93. The fraction of sp³-hybridized carbons (Fsp3) is 0.857. The summed E-state index contributed by atoms with van der Waals surface area (Å²) in [4.78, 5) is 10.8. The summed E-state index contributed by atoms with van der Waals surface area (Å²) in [5.74, 6) is 0.0501. The van der Waals surface area contributed by atoms with E-state index in [1.54, 1.807) is 0 Å². The molecule has 0 fully saturated rings. The summed E-state index contributed by atoms with van der Waals surface area (Å²) in [5.41, 5.74) is 0. The topological polar surface area (TPSA) is 26.3 Å². The second-order valence-corrected chi connectivity index (χ2v) is 2.47. The number of methoxy groups -OCH3 is 1. The van der Waals surface area contributed by atoms with Gasteiger partial charge in [0.15, 0.2) is 0 Å². The van der Waals surface area contributed by atoms with Crippen LogP contribution in [0, 0.1) is 5.92 Å². The van der Waals surface area contributed by atoms with E-state index < -0.39 is 0 Å². The summed E-state index contributed by atoms with van der Waals surface area (Å²) in [6.07, 6.45) is 1.78. The number of hydrogen-bond donors (Lipinski definition) is 0. The molecule has 0 N–H and O–H groups in total. The molecular formula is C7H13ClO2. The second-order valence-electron chi connectivity index (χ2n) is 2.16. The average Bonchev–Trinajstić information content (AvgIpc) is 1.99. The molecule has 0 bridgehead atoms. The first kappa shape index (κ1) is 9.76. The molecule has 3 heteroatoms. The Kier molecular flexibility index (Phi) is 5.40. The first-order valence-electron chi connectivity index (χ1n) is 3.40. The molecule has 0 aromatic heterocycles. The van der Waals surface area contributed by atoms with Crippen molar-refractivity contribution in [2.45, 2.75) is 19.8 Å². The number of halogens is 1. The zero-order valence-electron chi connectivity index (χ0n) is 6.39. The third-order valence-corrected chi connectivity index (χ3v) is 1.73. The lowest BCUT2D eigenvalue weighted by Gasteiger charge is -2.08. The molecule has 0 aromatic carbocycles. The van der Waals surface area contributed by atoms with E-state index in [-0.39, 0.29) is 11.9 Å². The number of alkyl halides is 1. The van der Waals surface area contributed by atoms with Crippen molar-refractivity contribution < 1.29 is 9.53 Å². The van der Waals surface area contributed by atoms with Gasteiger partial charge in [-0.2, -0.15) is 0 Å². The lowest BCUT2D eigenvalue weighted by Crippen LogP contribution is -2.17. The van der Waals surface area contributed by atoms with Crippen molar-refractivity contribution in [3.8, 4) is 0 Å². The molecule has 0 aliphatic heterocycles. The van der Waals surface area contributed by atoms with E-state index in [2.05, 4.69) is 4.74 Å². The molecule has 0 aliphatic rings. The van der Waals surface area contributed by atoms with Gasteiger partial charge in [0.05, 0.1) is 13.0 Å². The summed E-state index contributed by atoms with van der Waals surface area (Å²) < 4.78 is 4.53. The van der Waals surface area contributed by atoms with Crippen LogP contribution in [0.15, 0.2) is 0 Å². The Morgan fingerprint density at radius 2 is 2.30 bits per heavy atom. The molecule has 0 saturated carbocycles. The molecule has 0 rings (SSSR count). The number of rotatable bonds is 4. The molecule has 0 spiro atoms. The smallest absolute Gasteiger partial charge is 0.309 e. The quantitative estimate of drug-likeness (QED) is 0.468. The molecule has 0 amide bonds. The zero-order valence-corrected chi connectivity index (χ0v) is 7.15. The van der Waals surface area contributed by atoms with Gasteiger partial charge in [-0.25, -0.2) is 0 Å². The summed E-state index contributed by atoms with van der Waals surface area (Å²) in [7, 11) is 1.39. The van der Waals surface area contributed by atoms with Crippen molar-refractivity contribution in [1.29, 1.82) is 0 Å². The minimum atomic E-state index is -0.197. The summed E-state index contributed by atoms with van der Waals surface area (Å²) in [5, 5.41) is 0. The van der Waals surface area contributed by atoms with E-state index in [1.165, 1.54) is 7.11 Å². The van der Waals surface area contributed by atoms with Crippen molar-refractivity contribution in [2.75, 3.05) is 13.0 Å². The van der Waals surface area contributed by atoms with E-state index in [0.717, 1.165) is 12.8 Å². The third-order valence-electron chi connectivity index (χ3n) is 1.36. The number of hydrogen-bond acceptors (Lipinski definition) is 2. The predicted octanol–water partition coefficient (Wildman–Crippen LogP) is 1.81. The van der Waals surface area contributed by atoms with Gasteiger partial charge in [0, 0.05) is 5.88 Å². The normalized spacial score (nSPS) is 12.7. The van der Waals surface area contributed by atoms with Crippen molar-refractivity contribution >= 4 is 17.6 Å². The Labute approximate surface area is 66.5 Å². The summed E-state index contributed by atoms with van der Waals surface area (Å²) >= 11 is 5.52. The molecule has 1 atom stereocenters. The maximum absolute atomic E-state index is 10.8. The minimum Gasteiger partial charge on any atom is -0.469 e. The molecule has 0 heterocycles. The van der Waals surface area contributed by atoms with Crippen LogP contribution in [0.25, 0.3) is 0 Å². The molecule has 1 unspecified atom stereocenters. The van der Waals surface area contributed by atoms with Crippen molar-refractivity contribution in [3.05, 3.63) is 0 Å². The SMILES string of the molecule is CCCC(CCl)C(=O)OC. The highest BCUT2D eigenvalue weighted by Crippen LogP contribution is 2.09.